The Morgan fingerprint density at radius 3 is 2.37 bits per heavy atom. The molecule has 0 fully saturated rings. The zero-order valence-electron chi connectivity index (χ0n) is 15.0. The van der Waals surface area contributed by atoms with Gasteiger partial charge in [-0.15, -0.1) is 5.11 Å². The second kappa shape index (κ2) is 6.96. The Morgan fingerprint density at radius 2 is 1.59 bits per heavy atom. The number of aryl methyl sites for hydroxylation is 1. The highest BCUT2D eigenvalue weighted by Gasteiger charge is 2.12. The van der Waals surface area contributed by atoms with Crippen LogP contribution in [0, 0.1) is 6.92 Å². The first-order chi connectivity index (χ1) is 13.1. The highest BCUT2D eigenvalue weighted by Crippen LogP contribution is 2.37. The largest absolute Gasteiger partial charge is 0.497 e. The van der Waals surface area contributed by atoms with E-state index in [4.69, 9.17) is 9.15 Å². The molecule has 0 saturated carbocycles. The van der Waals surface area contributed by atoms with Crippen molar-refractivity contribution in [3.8, 4) is 23.0 Å². The van der Waals surface area contributed by atoms with Gasteiger partial charge in [-0.05, 0) is 48.0 Å². The minimum atomic E-state index is -0.258. The first kappa shape index (κ1) is 16.8. The van der Waals surface area contributed by atoms with Gasteiger partial charge in [0.05, 0.1) is 12.8 Å². The van der Waals surface area contributed by atoms with E-state index in [1.807, 2.05) is 18.2 Å². The molecule has 0 bridgehead atoms. The molecule has 1 N–H and O–H groups in total. The Morgan fingerprint density at radius 1 is 0.852 bits per heavy atom. The summed E-state index contributed by atoms with van der Waals surface area (Å²) in [5.41, 5.74) is 3.02. The van der Waals surface area contributed by atoms with Crippen molar-refractivity contribution < 1.29 is 14.3 Å². The second-order valence-corrected chi connectivity index (χ2v) is 6.26. The van der Waals surface area contributed by atoms with Gasteiger partial charge < -0.3 is 14.3 Å². The molecule has 3 aromatic carbocycles. The summed E-state index contributed by atoms with van der Waals surface area (Å²) in [6, 6.07) is 21.1. The summed E-state index contributed by atoms with van der Waals surface area (Å²) >= 11 is 0. The van der Waals surface area contributed by atoms with Crippen LogP contribution in [0.3, 0.4) is 0 Å². The summed E-state index contributed by atoms with van der Waals surface area (Å²) in [4.78, 5) is 0. The van der Waals surface area contributed by atoms with Crippen LogP contribution in [0.5, 0.6) is 11.7 Å². The second-order valence-electron chi connectivity index (χ2n) is 6.26. The van der Waals surface area contributed by atoms with E-state index in [1.165, 1.54) is 5.56 Å². The Balaban J connectivity index is 1.62. The van der Waals surface area contributed by atoms with Crippen LogP contribution in [0.1, 0.15) is 5.56 Å². The number of fused-ring (bicyclic) bond motifs is 1. The lowest BCUT2D eigenvalue weighted by atomic mass is 10.0. The van der Waals surface area contributed by atoms with Gasteiger partial charge in [0, 0.05) is 11.6 Å². The average molecular weight is 358 g/mol. The fraction of sp³-hybridized carbons (Fsp3) is 0.0909. The zero-order valence-corrected chi connectivity index (χ0v) is 15.0. The lowest BCUT2D eigenvalue weighted by molar-refractivity contribution is 0.339. The number of ether oxygens (including phenoxy) is 1. The van der Waals surface area contributed by atoms with Crippen molar-refractivity contribution in [2.24, 2.45) is 10.2 Å². The van der Waals surface area contributed by atoms with Crippen LogP contribution in [0.15, 0.2) is 81.4 Å². The van der Waals surface area contributed by atoms with Crippen LogP contribution in [0.25, 0.3) is 22.1 Å². The van der Waals surface area contributed by atoms with E-state index in [-0.39, 0.29) is 11.6 Å². The quantitative estimate of drug-likeness (QED) is 0.421. The van der Waals surface area contributed by atoms with Crippen molar-refractivity contribution in [3.63, 3.8) is 0 Å². The first-order valence-electron chi connectivity index (χ1n) is 8.52. The molecule has 27 heavy (non-hydrogen) atoms. The molecule has 0 spiro atoms. The van der Waals surface area contributed by atoms with E-state index in [2.05, 4.69) is 35.4 Å². The van der Waals surface area contributed by atoms with Gasteiger partial charge in [-0.3, -0.25) is 0 Å². The predicted molar refractivity (Wildman–Crippen MR) is 105 cm³/mol. The van der Waals surface area contributed by atoms with Crippen LogP contribution in [0.4, 0.5) is 11.4 Å². The molecule has 0 atom stereocenters. The number of rotatable bonds is 4. The van der Waals surface area contributed by atoms with Crippen molar-refractivity contribution in [2.75, 3.05) is 7.11 Å². The van der Waals surface area contributed by atoms with Crippen molar-refractivity contribution in [3.05, 3.63) is 72.3 Å². The minimum absolute atomic E-state index is 0.258. The van der Waals surface area contributed by atoms with Crippen molar-refractivity contribution in [1.82, 2.24) is 0 Å². The smallest absolute Gasteiger partial charge is 0.311 e. The van der Waals surface area contributed by atoms with Gasteiger partial charge in [0.15, 0.2) is 5.69 Å². The summed E-state index contributed by atoms with van der Waals surface area (Å²) in [5.74, 6) is 1.03. The molecule has 0 saturated heterocycles. The zero-order chi connectivity index (χ0) is 18.8. The fourth-order valence-corrected chi connectivity index (χ4v) is 2.86. The average Bonchev–Trinajstić information content (AvgIpc) is 3.07. The van der Waals surface area contributed by atoms with E-state index in [1.54, 1.807) is 37.4 Å². The lowest BCUT2D eigenvalue weighted by Gasteiger charge is -2.02. The van der Waals surface area contributed by atoms with Gasteiger partial charge in [-0.2, -0.15) is 5.11 Å². The van der Waals surface area contributed by atoms with Crippen LogP contribution in [-0.2, 0) is 0 Å². The van der Waals surface area contributed by atoms with Crippen LogP contribution >= 0.6 is 0 Å². The molecule has 0 aliphatic heterocycles. The van der Waals surface area contributed by atoms with E-state index in [9.17, 15) is 5.11 Å². The summed E-state index contributed by atoms with van der Waals surface area (Å²) in [6.45, 7) is 2.07. The Labute approximate surface area is 156 Å². The Bertz CT molecular complexity index is 1130. The van der Waals surface area contributed by atoms with Gasteiger partial charge >= 0.3 is 5.95 Å². The number of furan rings is 1. The van der Waals surface area contributed by atoms with Gasteiger partial charge in [0.2, 0.25) is 0 Å². The monoisotopic (exact) mass is 358 g/mol. The molecule has 4 aromatic rings. The van der Waals surface area contributed by atoms with Gasteiger partial charge in [-0.1, -0.05) is 35.9 Å². The third kappa shape index (κ3) is 3.53. The van der Waals surface area contributed by atoms with E-state index in [0.29, 0.717) is 11.4 Å². The topological polar surface area (TPSA) is 67.3 Å². The minimum Gasteiger partial charge on any atom is -0.497 e. The molecular formula is C22H18N2O3. The highest BCUT2D eigenvalue weighted by molar-refractivity contribution is 5.87. The normalized spacial score (nSPS) is 11.3. The van der Waals surface area contributed by atoms with E-state index >= 15 is 0 Å². The van der Waals surface area contributed by atoms with Gasteiger partial charge in [0.1, 0.15) is 11.5 Å². The van der Waals surface area contributed by atoms with E-state index in [0.717, 1.165) is 22.1 Å². The third-order valence-electron chi connectivity index (χ3n) is 4.32. The first-order valence-corrected chi connectivity index (χ1v) is 8.52. The molecule has 4 rings (SSSR count). The maximum atomic E-state index is 10.1. The number of hydrogen-bond donors (Lipinski definition) is 1. The third-order valence-corrected chi connectivity index (χ3v) is 4.32. The highest BCUT2D eigenvalue weighted by atomic mass is 16.5. The fourth-order valence-electron chi connectivity index (χ4n) is 2.86. The number of aromatic hydroxyl groups is 1. The number of methoxy groups -OCH3 is 1. The molecule has 5 nitrogen and oxygen atoms in total. The molecule has 0 amide bonds. The standard InChI is InChI=1S/C22H18N2O3/c1-14-3-4-16-12-17(6-5-15(16)11-14)21-13-20(22(25)27-21)24-23-18-7-9-19(26-2)10-8-18/h3-13,25H,1-2H3. The predicted octanol–water partition coefficient (Wildman–Crippen LogP) is 6.54. The maximum absolute atomic E-state index is 10.1. The summed E-state index contributed by atoms with van der Waals surface area (Å²) < 4.78 is 10.6. The van der Waals surface area contributed by atoms with E-state index < -0.39 is 0 Å². The van der Waals surface area contributed by atoms with Crippen LogP contribution < -0.4 is 4.74 Å². The SMILES string of the molecule is COc1ccc(N=Nc2cc(-c3ccc4cc(C)ccc4c3)oc2O)cc1. The Hall–Kier alpha value is -3.60. The van der Waals surface area contributed by atoms with Crippen molar-refractivity contribution in [2.45, 2.75) is 6.92 Å². The molecule has 5 heteroatoms. The number of azo groups is 1. The number of nitrogens with zero attached hydrogens (tertiary/aromatic N) is 2. The molecule has 134 valence electrons. The van der Waals surface area contributed by atoms with Crippen molar-refractivity contribution >= 4 is 22.1 Å². The molecule has 0 radical (unpaired) electrons. The maximum Gasteiger partial charge on any atom is 0.311 e. The summed E-state index contributed by atoms with van der Waals surface area (Å²) in [5, 5.41) is 20.6. The number of hydrogen-bond acceptors (Lipinski definition) is 5. The van der Waals surface area contributed by atoms with Crippen LogP contribution in [0.2, 0.25) is 0 Å². The van der Waals surface area contributed by atoms with Crippen LogP contribution in [-0.4, -0.2) is 12.2 Å². The summed E-state index contributed by atoms with van der Waals surface area (Å²) in [6.07, 6.45) is 0. The molecular weight excluding hydrogens is 340 g/mol. The van der Waals surface area contributed by atoms with Gasteiger partial charge in [-0.25, -0.2) is 0 Å². The molecule has 0 aliphatic rings. The Kier molecular flexibility index (Phi) is 4.34. The van der Waals surface area contributed by atoms with Gasteiger partial charge in [0.25, 0.3) is 0 Å². The number of benzene rings is 3. The lowest BCUT2D eigenvalue weighted by Crippen LogP contribution is -1.79. The molecule has 0 aliphatic carbocycles. The van der Waals surface area contributed by atoms with Crippen molar-refractivity contribution in [1.29, 1.82) is 0 Å². The molecule has 1 heterocycles. The summed E-state index contributed by atoms with van der Waals surface area (Å²) in [7, 11) is 1.61. The molecule has 0 unspecified atom stereocenters. The molecule has 1 aromatic heterocycles.